The molecule has 110 valence electrons. The molecule has 0 unspecified atom stereocenters. The van der Waals surface area contributed by atoms with Gasteiger partial charge in [0.2, 0.25) is 0 Å². The Morgan fingerprint density at radius 2 is 2.10 bits per heavy atom. The van der Waals surface area contributed by atoms with E-state index in [1.807, 2.05) is 0 Å². The highest BCUT2D eigenvalue weighted by molar-refractivity contribution is 6.10. The average molecular weight is 286 g/mol. The zero-order valence-electron chi connectivity index (χ0n) is 11.8. The first-order chi connectivity index (χ1) is 10.2. The summed E-state index contributed by atoms with van der Waals surface area (Å²) in [4.78, 5) is 26.1. The highest BCUT2D eigenvalue weighted by Gasteiger charge is 2.22. The number of ketones is 1. The van der Waals surface area contributed by atoms with Crippen molar-refractivity contribution in [2.24, 2.45) is 5.92 Å². The lowest BCUT2D eigenvalue weighted by atomic mass is 9.97. The molecule has 0 aliphatic heterocycles. The molecule has 5 heteroatoms. The Labute approximate surface area is 122 Å². The molecule has 1 saturated carbocycles. The maximum atomic E-state index is 12.4. The predicted octanol–water partition coefficient (Wildman–Crippen LogP) is 4.23. The molecule has 0 radical (unpaired) electrons. The lowest BCUT2D eigenvalue weighted by molar-refractivity contribution is -0.383. The van der Waals surface area contributed by atoms with Crippen molar-refractivity contribution >= 4 is 22.4 Å². The molecule has 1 aromatic heterocycles. The molecule has 1 aliphatic rings. The first-order valence-electron chi connectivity index (χ1n) is 7.44. The van der Waals surface area contributed by atoms with Crippen LogP contribution in [0.15, 0.2) is 24.4 Å². The van der Waals surface area contributed by atoms with Crippen LogP contribution in [0.2, 0.25) is 0 Å². The van der Waals surface area contributed by atoms with Crippen LogP contribution < -0.4 is 0 Å². The molecule has 0 spiro atoms. The van der Waals surface area contributed by atoms with E-state index in [0.29, 0.717) is 28.8 Å². The van der Waals surface area contributed by atoms with Gasteiger partial charge in [0, 0.05) is 24.2 Å². The van der Waals surface area contributed by atoms with E-state index in [-0.39, 0.29) is 11.5 Å². The number of nitrogens with zero attached hydrogens (tertiary/aromatic N) is 1. The molecule has 1 fully saturated rings. The minimum absolute atomic E-state index is 0.00188. The summed E-state index contributed by atoms with van der Waals surface area (Å²) in [6.07, 6.45) is 7.92. The lowest BCUT2D eigenvalue weighted by Gasteiger charge is -2.07. The van der Waals surface area contributed by atoms with Gasteiger partial charge in [0.25, 0.3) is 5.69 Å². The largest absolute Gasteiger partial charge is 0.360 e. The summed E-state index contributed by atoms with van der Waals surface area (Å²) in [5.74, 6) is 0.650. The van der Waals surface area contributed by atoms with Crippen LogP contribution in [0.4, 0.5) is 5.69 Å². The molecule has 1 aromatic carbocycles. The number of fused-ring (bicyclic) bond motifs is 1. The van der Waals surface area contributed by atoms with Crippen molar-refractivity contribution in [3.05, 3.63) is 40.1 Å². The number of hydrogen-bond acceptors (Lipinski definition) is 3. The van der Waals surface area contributed by atoms with Crippen LogP contribution in [0.5, 0.6) is 0 Å². The third-order valence-electron chi connectivity index (χ3n) is 4.44. The first-order valence-corrected chi connectivity index (χ1v) is 7.44. The normalized spacial score (nSPS) is 15.6. The Hall–Kier alpha value is -2.17. The minimum atomic E-state index is -0.427. The summed E-state index contributed by atoms with van der Waals surface area (Å²) in [6.45, 7) is 0. The molecule has 0 atom stereocenters. The van der Waals surface area contributed by atoms with Crippen molar-refractivity contribution in [2.45, 2.75) is 38.5 Å². The molecular formula is C16H18N2O3. The molecular weight excluding hydrogens is 268 g/mol. The Bertz CT molecular complexity index is 684. The van der Waals surface area contributed by atoms with Gasteiger partial charge in [-0.3, -0.25) is 14.9 Å². The number of nitrogens with one attached hydrogen (secondary N) is 1. The van der Waals surface area contributed by atoms with Gasteiger partial charge in [0.1, 0.15) is 0 Å². The second-order valence-corrected chi connectivity index (χ2v) is 5.77. The van der Waals surface area contributed by atoms with E-state index in [1.165, 1.54) is 31.7 Å². The number of non-ortho nitro benzene ring substituents is 1. The highest BCUT2D eigenvalue weighted by atomic mass is 16.6. The number of carbonyl (C=O) groups excluding carboxylic acids is 1. The van der Waals surface area contributed by atoms with E-state index in [4.69, 9.17) is 0 Å². The molecule has 3 rings (SSSR count). The van der Waals surface area contributed by atoms with Crippen LogP contribution in [0.1, 0.15) is 48.9 Å². The number of hydrogen-bond donors (Lipinski definition) is 1. The maximum Gasteiger partial charge on any atom is 0.279 e. The monoisotopic (exact) mass is 286 g/mol. The van der Waals surface area contributed by atoms with Crippen molar-refractivity contribution in [1.29, 1.82) is 0 Å². The maximum absolute atomic E-state index is 12.4. The van der Waals surface area contributed by atoms with Crippen LogP contribution in [0, 0.1) is 16.0 Å². The van der Waals surface area contributed by atoms with Gasteiger partial charge in [0.05, 0.1) is 15.8 Å². The van der Waals surface area contributed by atoms with Gasteiger partial charge >= 0.3 is 0 Å². The van der Waals surface area contributed by atoms with E-state index in [2.05, 4.69) is 4.98 Å². The molecule has 1 N–H and O–H groups in total. The van der Waals surface area contributed by atoms with Crippen molar-refractivity contribution in [1.82, 2.24) is 4.98 Å². The van der Waals surface area contributed by atoms with Crippen LogP contribution in [-0.4, -0.2) is 15.7 Å². The van der Waals surface area contributed by atoms with Gasteiger partial charge in [-0.25, -0.2) is 0 Å². The fourth-order valence-electron chi connectivity index (χ4n) is 3.31. The minimum Gasteiger partial charge on any atom is -0.360 e. The third-order valence-corrected chi connectivity index (χ3v) is 4.44. The summed E-state index contributed by atoms with van der Waals surface area (Å²) in [6, 6.07) is 4.84. The van der Waals surface area contributed by atoms with Gasteiger partial charge in [0.15, 0.2) is 5.78 Å². The Morgan fingerprint density at radius 3 is 2.81 bits per heavy atom. The smallest absolute Gasteiger partial charge is 0.279 e. The number of Topliss-reactive ketones (excluding diaryl/α,β-unsaturated/α-hetero) is 1. The van der Waals surface area contributed by atoms with Crippen molar-refractivity contribution < 1.29 is 9.72 Å². The predicted molar refractivity (Wildman–Crippen MR) is 80.5 cm³/mol. The summed E-state index contributed by atoms with van der Waals surface area (Å²) in [5.41, 5.74) is 1.10. The molecule has 1 heterocycles. The zero-order valence-corrected chi connectivity index (χ0v) is 11.8. The van der Waals surface area contributed by atoms with Gasteiger partial charge in [-0.1, -0.05) is 31.7 Å². The Kier molecular flexibility index (Phi) is 3.73. The molecule has 2 aromatic rings. The van der Waals surface area contributed by atoms with E-state index >= 15 is 0 Å². The number of H-pyrrole nitrogens is 1. The fourth-order valence-corrected chi connectivity index (χ4v) is 3.31. The van der Waals surface area contributed by atoms with E-state index in [0.717, 1.165) is 6.42 Å². The van der Waals surface area contributed by atoms with Gasteiger partial charge in [-0.2, -0.15) is 0 Å². The fraction of sp³-hybridized carbons (Fsp3) is 0.438. The SMILES string of the molecule is O=C(CCC1CCCC1)c1c[nH]c2cccc([N+](=O)[O-])c12. The number of aromatic nitrogens is 1. The number of aromatic amines is 1. The number of rotatable bonds is 5. The summed E-state index contributed by atoms with van der Waals surface area (Å²) in [5, 5.41) is 11.6. The molecule has 0 saturated heterocycles. The zero-order chi connectivity index (χ0) is 14.8. The van der Waals surface area contributed by atoms with Gasteiger partial charge < -0.3 is 4.98 Å². The number of benzene rings is 1. The van der Waals surface area contributed by atoms with Crippen molar-refractivity contribution in [2.75, 3.05) is 0 Å². The van der Waals surface area contributed by atoms with Crippen LogP contribution in [0.3, 0.4) is 0 Å². The highest BCUT2D eigenvalue weighted by Crippen LogP contribution is 2.32. The number of nitro benzene ring substituents is 1. The molecule has 1 aliphatic carbocycles. The van der Waals surface area contributed by atoms with Crippen LogP contribution in [0.25, 0.3) is 10.9 Å². The standard InChI is InChI=1S/C16H18N2O3/c19-15(9-8-11-4-1-2-5-11)12-10-17-13-6-3-7-14(16(12)13)18(20)21/h3,6-7,10-11,17H,1-2,4-5,8-9H2. The molecule has 5 nitrogen and oxygen atoms in total. The second-order valence-electron chi connectivity index (χ2n) is 5.77. The third kappa shape index (κ3) is 2.68. The Balaban J connectivity index is 1.85. The van der Waals surface area contributed by atoms with Gasteiger partial charge in [-0.15, -0.1) is 0 Å². The molecule has 0 bridgehead atoms. The van der Waals surface area contributed by atoms with Crippen LogP contribution >= 0.6 is 0 Å². The molecule has 21 heavy (non-hydrogen) atoms. The quantitative estimate of drug-likeness (QED) is 0.507. The summed E-state index contributed by atoms with van der Waals surface area (Å²) < 4.78 is 0. The average Bonchev–Trinajstić information content (AvgIpc) is 3.13. The first kappa shape index (κ1) is 13.8. The second kappa shape index (κ2) is 5.68. The van der Waals surface area contributed by atoms with E-state index in [9.17, 15) is 14.9 Å². The lowest BCUT2D eigenvalue weighted by Crippen LogP contribution is -2.03. The topological polar surface area (TPSA) is 76.0 Å². The molecule has 0 amide bonds. The summed E-state index contributed by atoms with van der Waals surface area (Å²) in [7, 11) is 0. The van der Waals surface area contributed by atoms with E-state index < -0.39 is 4.92 Å². The van der Waals surface area contributed by atoms with Gasteiger partial charge in [-0.05, 0) is 18.4 Å². The number of nitro groups is 1. The van der Waals surface area contributed by atoms with Crippen molar-refractivity contribution in [3.8, 4) is 0 Å². The van der Waals surface area contributed by atoms with E-state index in [1.54, 1.807) is 18.3 Å². The number of carbonyl (C=O) groups is 1. The Morgan fingerprint density at radius 1 is 1.33 bits per heavy atom. The van der Waals surface area contributed by atoms with Crippen molar-refractivity contribution in [3.63, 3.8) is 0 Å². The van der Waals surface area contributed by atoms with Crippen LogP contribution in [-0.2, 0) is 0 Å². The summed E-state index contributed by atoms with van der Waals surface area (Å²) >= 11 is 0.